The molecule has 23 heavy (non-hydrogen) atoms. The summed E-state index contributed by atoms with van der Waals surface area (Å²) in [5, 5.41) is 19.2. The van der Waals surface area contributed by atoms with Gasteiger partial charge >= 0.3 is 5.97 Å². The number of hydrogen-bond donors (Lipinski definition) is 2. The lowest BCUT2D eigenvalue weighted by atomic mass is 9.77. The van der Waals surface area contributed by atoms with Crippen molar-refractivity contribution in [3.63, 3.8) is 0 Å². The van der Waals surface area contributed by atoms with Crippen molar-refractivity contribution in [2.45, 2.75) is 24.7 Å². The highest BCUT2D eigenvalue weighted by atomic mass is 16.5. The molecule has 1 spiro atoms. The van der Waals surface area contributed by atoms with Crippen molar-refractivity contribution in [3.8, 4) is 0 Å². The van der Waals surface area contributed by atoms with Gasteiger partial charge in [-0.3, -0.25) is 9.59 Å². The van der Waals surface area contributed by atoms with Gasteiger partial charge < -0.3 is 19.8 Å². The first-order chi connectivity index (χ1) is 10.9. The van der Waals surface area contributed by atoms with Crippen LogP contribution in [0.15, 0.2) is 36.4 Å². The SMILES string of the molecule is CC(O)c1cccc(N2CC34C=CC(O3)C(C(=O)O)C4C2=O)c1. The summed E-state index contributed by atoms with van der Waals surface area (Å²) in [6, 6.07) is 7.11. The average molecular weight is 315 g/mol. The molecule has 2 N–H and O–H groups in total. The van der Waals surface area contributed by atoms with Gasteiger partial charge in [0.25, 0.3) is 0 Å². The Kier molecular flexibility index (Phi) is 2.92. The van der Waals surface area contributed by atoms with Crippen molar-refractivity contribution in [2.24, 2.45) is 11.8 Å². The van der Waals surface area contributed by atoms with E-state index in [9.17, 15) is 19.8 Å². The van der Waals surface area contributed by atoms with Gasteiger partial charge in [0.1, 0.15) is 11.5 Å². The van der Waals surface area contributed by atoms with E-state index < -0.39 is 35.6 Å². The Balaban J connectivity index is 1.72. The number of aliphatic hydroxyl groups excluding tert-OH is 1. The van der Waals surface area contributed by atoms with E-state index in [-0.39, 0.29) is 5.91 Å². The predicted octanol–water partition coefficient (Wildman–Crippen LogP) is 1.11. The lowest BCUT2D eigenvalue weighted by Gasteiger charge is -2.22. The molecule has 0 aromatic heterocycles. The number of benzene rings is 1. The van der Waals surface area contributed by atoms with Gasteiger partial charge in [0, 0.05) is 5.69 Å². The van der Waals surface area contributed by atoms with Crippen molar-refractivity contribution in [2.75, 3.05) is 11.4 Å². The largest absolute Gasteiger partial charge is 0.481 e. The fourth-order valence-corrected chi connectivity index (χ4v) is 3.95. The quantitative estimate of drug-likeness (QED) is 0.816. The molecule has 2 saturated heterocycles. The molecule has 2 bridgehead atoms. The van der Waals surface area contributed by atoms with Gasteiger partial charge in [0.05, 0.1) is 24.7 Å². The molecule has 6 nitrogen and oxygen atoms in total. The van der Waals surface area contributed by atoms with Crippen molar-refractivity contribution in [3.05, 3.63) is 42.0 Å². The summed E-state index contributed by atoms with van der Waals surface area (Å²) in [6.45, 7) is 1.96. The number of fused-ring (bicyclic) bond motifs is 1. The van der Waals surface area contributed by atoms with Gasteiger partial charge in [-0.15, -0.1) is 0 Å². The van der Waals surface area contributed by atoms with Crippen molar-refractivity contribution < 1.29 is 24.5 Å². The number of aliphatic hydroxyl groups is 1. The minimum Gasteiger partial charge on any atom is -0.481 e. The molecule has 5 atom stereocenters. The minimum absolute atomic E-state index is 0.230. The lowest BCUT2D eigenvalue weighted by molar-refractivity contribution is -0.146. The Hall–Kier alpha value is -2.18. The summed E-state index contributed by atoms with van der Waals surface area (Å²) >= 11 is 0. The van der Waals surface area contributed by atoms with E-state index in [1.54, 1.807) is 42.2 Å². The zero-order chi connectivity index (χ0) is 16.4. The summed E-state index contributed by atoms with van der Waals surface area (Å²) in [6.07, 6.45) is 2.42. The number of hydrogen-bond acceptors (Lipinski definition) is 4. The molecule has 2 fully saturated rings. The highest BCUT2D eigenvalue weighted by Crippen LogP contribution is 2.52. The molecule has 3 aliphatic rings. The molecule has 0 radical (unpaired) electrons. The number of carboxylic acid groups (broad SMARTS) is 1. The Morgan fingerprint density at radius 3 is 2.96 bits per heavy atom. The third kappa shape index (κ3) is 1.88. The van der Waals surface area contributed by atoms with E-state index in [0.717, 1.165) is 0 Å². The molecular weight excluding hydrogens is 298 g/mol. The van der Waals surface area contributed by atoms with Crippen LogP contribution in [0.4, 0.5) is 5.69 Å². The van der Waals surface area contributed by atoms with Gasteiger partial charge in [-0.25, -0.2) is 0 Å². The van der Waals surface area contributed by atoms with Gasteiger partial charge in [0.15, 0.2) is 0 Å². The van der Waals surface area contributed by atoms with E-state index in [2.05, 4.69) is 0 Å². The van der Waals surface area contributed by atoms with Gasteiger partial charge in [0.2, 0.25) is 5.91 Å². The van der Waals surface area contributed by atoms with Crippen LogP contribution in [0.1, 0.15) is 18.6 Å². The summed E-state index contributed by atoms with van der Waals surface area (Å²) in [5.74, 6) is -2.76. The molecule has 4 rings (SSSR count). The number of carbonyl (C=O) groups is 2. The minimum atomic E-state index is -1.00. The molecule has 1 amide bonds. The fourth-order valence-electron chi connectivity index (χ4n) is 3.95. The van der Waals surface area contributed by atoms with Crippen molar-refractivity contribution >= 4 is 17.6 Å². The van der Waals surface area contributed by atoms with E-state index in [1.807, 2.05) is 6.08 Å². The van der Waals surface area contributed by atoms with Crippen LogP contribution < -0.4 is 4.90 Å². The highest BCUT2D eigenvalue weighted by Gasteiger charge is 2.67. The molecule has 0 aliphatic carbocycles. The summed E-state index contributed by atoms with van der Waals surface area (Å²) in [7, 11) is 0. The van der Waals surface area contributed by atoms with Crippen molar-refractivity contribution in [1.82, 2.24) is 0 Å². The van der Waals surface area contributed by atoms with Gasteiger partial charge in [-0.2, -0.15) is 0 Å². The maximum atomic E-state index is 12.9. The first-order valence-electron chi connectivity index (χ1n) is 7.62. The number of rotatable bonds is 3. The van der Waals surface area contributed by atoms with Crippen LogP contribution in [0.5, 0.6) is 0 Å². The van der Waals surface area contributed by atoms with E-state index >= 15 is 0 Å². The first kappa shape index (κ1) is 14.4. The molecule has 1 aromatic carbocycles. The van der Waals surface area contributed by atoms with Crippen molar-refractivity contribution in [1.29, 1.82) is 0 Å². The average Bonchev–Trinajstić information content (AvgIpc) is 3.15. The predicted molar refractivity (Wildman–Crippen MR) is 80.8 cm³/mol. The second-order valence-electron chi connectivity index (χ2n) is 6.43. The Bertz CT molecular complexity index is 727. The smallest absolute Gasteiger partial charge is 0.310 e. The van der Waals surface area contributed by atoms with Crippen LogP contribution in [0.3, 0.4) is 0 Å². The third-order valence-electron chi connectivity index (χ3n) is 5.05. The number of carbonyl (C=O) groups excluding carboxylic acids is 1. The Labute approximate surface area is 133 Å². The standard InChI is InChI=1S/C17H17NO5/c1-9(19)10-3-2-4-11(7-10)18-8-17-6-5-12(23-17)13(16(21)22)14(17)15(18)20/h2-7,9,12-14,19H,8H2,1H3,(H,21,22). The lowest BCUT2D eigenvalue weighted by Crippen LogP contribution is -2.39. The highest BCUT2D eigenvalue weighted by molar-refractivity contribution is 6.02. The summed E-state index contributed by atoms with van der Waals surface area (Å²) < 4.78 is 5.85. The second kappa shape index (κ2) is 4.66. The van der Waals surface area contributed by atoms with Crippen LogP contribution in [-0.4, -0.2) is 40.3 Å². The number of ether oxygens (including phenoxy) is 1. The van der Waals surface area contributed by atoms with Gasteiger partial charge in [-0.05, 0) is 24.6 Å². The number of aliphatic carboxylic acids is 1. The molecule has 5 unspecified atom stereocenters. The third-order valence-corrected chi connectivity index (χ3v) is 5.05. The van der Waals surface area contributed by atoms with E-state index in [0.29, 0.717) is 17.8 Å². The normalized spacial score (nSPS) is 35.7. The molecule has 3 heterocycles. The van der Waals surface area contributed by atoms with E-state index in [1.165, 1.54) is 0 Å². The molecular formula is C17H17NO5. The zero-order valence-electron chi connectivity index (χ0n) is 12.5. The topological polar surface area (TPSA) is 87.1 Å². The number of amides is 1. The number of nitrogens with zero attached hydrogens (tertiary/aromatic N) is 1. The summed E-state index contributed by atoms with van der Waals surface area (Å²) in [4.78, 5) is 26.0. The summed E-state index contributed by atoms with van der Waals surface area (Å²) in [5.41, 5.74) is 0.521. The number of anilines is 1. The van der Waals surface area contributed by atoms with Crippen LogP contribution in [0.2, 0.25) is 0 Å². The Morgan fingerprint density at radius 1 is 1.48 bits per heavy atom. The van der Waals surface area contributed by atoms with Crippen LogP contribution in [0, 0.1) is 11.8 Å². The maximum absolute atomic E-state index is 12.9. The van der Waals surface area contributed by atoms with Crippen LogP contribution in [0.25, 0.3) is 0 Å². The molecule has 0 saturated carbocycles. The monoisotopic (exact) mass is 315 g/mol. The maximum Gasteiger partial charge on any atom is 0.310 e. The zero-order valence-corrected chi connectivity index (χ0v) is 12.5. The Morgan fingerprint density at radius 2 is 2.26 bits per heavy atom. The van der Waals surface area contributed by atoms with Gasteiger partial charge in [-0.1, -0.05) is 24.3 Å². The molecule has 6 heteroatoms. The van der Waals surface area contributed by atoms with Crippen LogP contribution >= 0.6 is 0 Å². The molecule has 120 valence electrons. The van der Waals surface area contributed by atoms with E-state index in [4.69, 9.17) is 4.74 Å². The molecule has 1 aromatic rings. The first-order valence-corrected chi connectivity index (χ1v) is 7.62. The van der Waals surface area contributed by atoms with Crippen LogP contribution in [-0.2, 0) is 14.3 Å². The number of carboxylic acids is 1. The molecule has 3 aliphatic heterocycles. The fraction of sp³-hybridized carbons (Fsp3) is 0.412. The second-order valence-corrected chi connectivity index (χ2v) is 6.43.